The Kier molecular flexibility index (Phi) is 11.7. The lowest BCUT2D eigenvalue weighted by Gasteiger charge is -2.37. The molecule has 0 aliphatic carbocycles. The van der Waals surface area contributed by atoms with E-state index in [1.54, 1.807) is 12.1 Å². The first kappa shape index (κ1) is 32.3. The van der Waals surface area contributed by atoms with Crippen LogP contribution >= 0.6 is 11.6 Å². The Morgan fingerprint density at radius 1 is 0.778 bits per heavy atom. The van der Waals surface area contributed by atoms with Crippen molar-refractivity contribution < 1.29 is 14.3 Å². The number of piperidine rings is 1. The van der Waals surface area contributed by atoms with E-state index >= 15 is 0 Å². The van der Waals surface area contributed by atoms with Gasteiger partial charge >= 0.3 is 6.09 Å². The first-order valence-corrected chi connectivity index (χ1v) is 16.2. The van der Waals surface area contributed by atoms with Gasteiger partial charge in [0.25, 0.3) is 0 Å². The highest BCUT2D eigenvalue weighted by Crippen LogP contribution is 2.37. The standard InChI is InChI=1S/C38H42ClN3O3/c39-35-20-11-10-15-32(35)28-45-37(44)40-27-36(43)41-29-38(33-16-6-2-7-17-33,34-18-8-3-9-19-34)23-12-24-42-25-21-31(22-26-42)30-13-4-1-5-14-30/h1-11,13-20,31H,12,21-29H2,(H,40,44)(H,41,43). The van der Waals surface area contributed by atoms with Gasteiger partial charge in [-0.3, -0.25) is 4.79 Å². The van der Waals surface area contributed by atoms with Crippen molar-refractivity contribution >= 4 is 23.6 Å². The molecule has 4 aromatic carbocycles. The summed E-state index contributed by atoms with van der Waals surface area (Å²) in [6.07, 6.45) is 3.54. The van der Waals surface area contributed by atoms with E-state index in [9.17, 15) is 9.59 Å². The maximum Gasteiger partial charge on any atom is 0.407 e. The Hall–Kier alpha value is -4.13. The molecular formula is C38H42ClN3O3. The van der Waals surface area contributed by atoms with Gasteiger partial charge in [-0.05, 0) is 74.0 Å². The molecule has 234 valence electrons. The quantitative estimate of drug-likeness (QED) is 0.164. The molecule has 0 bridgehead atoms. The number of hydrogen-bond donors (Lipinski definition) is 2. The van der Waals surface area contributed by atoms with Gasteiger partial charge in [0.1, 0.15) is 6.61 Å². The summed E-state index contributed by atoms with van der Waals surface area (Å²) in [5, 5.41) is 6.22. The number of halogens is 1. The van der Waals surface area contributed by atoms with Gasteiger partial charge in [0.2, 0.25) is 5.91 Å². The lowest BCUT2D eigenvalue weighted by Crippen LogP contribution is -2.45. The fraction of sp³-hybridized carbons (Fsp3) is 0.316. The summed E-state index contributed by atoms with van der Waals surface area (Å²) in [4.78, 5) is 27.9. The van der Waals surface area contributed by atoms with Crippen LogP contribution in [0.25, 0.3) is 0 Å². The number of amides is 2. The molecule has 0 aromatic heterocycles. The third-order valence-electron chi connectivity index (χ3n) is 8.89. The van der Waals surface area contributed by atoms with Gasteiger partial charge in [-0.1, -0.05) is 121 Å². The minimum Gasteiger partial charge on any atom is -0.445 e. The summed E-state index contributed by atoms with van der Waals surface area (Å²) >= 11 is 6.15. The smallest absolute Gasteiger partial charge is 0.407 e. The minimum atomic E-state index is -0.668. The monoisotopic (exact) mass is 623 g/mol. The van der Waals surface area contributed by atoms with Gasteiger partial charge in [0, 0.05) is 22.5 Å². The molecule has 1 aliphatic heterocycles. The van der Waals surface area contributed by atoms with E-state index < -0.39 is 11.5 Å². The van der Waals surface area contributed by atoms with Gasteiger partial charge in [-0.25, -0.2) is 4.79 Å². The first-order valence-electron chi connectivity index (χ1n) is 15.8. The predicted octanol–water partition coefficient (Wildman–Crippen LogP) is 7.33. The number of ether oxygens (including phenoxy) is 1. The zero-order chi connectivity index (χ0) is 31.3. The van der Waals surface area contributed by atoms with Crippen LogP contribution in [0.5, 0.6) is 0 Å². The molecule has 4 aromatic rings. The summed E-state index contributed by atoms with van der Waals surface area (Å²) in [6.45, 7) is 3.46. The lowest BCUT2D eigenvalue weighted by molar-refractivity contribution is -0.120. The molecule has 1 heterocycles. The molecule has 0 radical (unpaired) electrons. The highest BCUT2D eigenvalue weighted by atomic mass is 35.5. The summed E-state index contributed by atoms with van der Waals surface area (Å²) < 4.78 is 5.27. The zero-order valence-corrected chi connectivity index (χ0v) is 26.4. The Labute approximate surface area is 271 Å². The van der Waals surface area contributed by atoms with Crippen LogP contribution in [0.4, 0.5) is 4.79 Å². The molecule has 1 aliphatic rings. The van der Waals surface area contributed by atoms with Crippen LogP contribution in [0.15, 0.2) is 115 Å². The molecule has 6 nitrogen and oxygen atoms in total. The number of carbonyl (C=O) groups excluding carboxylic acids is 2. The van der Waals surface area contributed by atoms with E-state index in [4.69, 9.17) is 16.3 Å². The average Bonchev–Trinajstić information content (AvgIpc) is 3.10. The lowest BCUT2D eigenvalue weighted by atomic mass is 9.71. The Morgan fingerprint density at radius 3 is 1.98 bits per heavy atom. The predicted molar refractivity (Wildman–Crippen MR) is 180 cm³/mol. The average molecular weight is 624 g/mol. The Morgan fingerprint density at radius 2 is 1.36 bits per heavy atom. The SMILES string of the molecule is O=C(CNC(=O)OCc1ccccc1Cl)NCC(CCCN1CCC(c2ccccc2)CC1)(c1ccccc1)c1ccccc1. The second kappa shape index (κ2) is 16.3. The van der Waals surface area contributed by atoms with Crippen molar-refractivity contribution in [2.75, 3.05) is 32.7 Å². The summed E-state index contributed by atoms with van der Waals surface area (Å²) in [5.74, 6) is 0.358. The number of carbonyl (C=O) groups is 2. The van der Waals surface area contributed by atoms with Crippen LogP contribution in [0.3, 0.4) is 0 Å². The molecule has 1 fully saturated rings. The molecule has 0 atom stereocenters. The second-order valence-corrected chi connectivity index (χ2v) is 12.1. The van der Waals surface area contributed by atoms with E-state index in [1.807, 2.05) is 24.3 Å². The van der Waals surface area contributed by atoms with Crippen molar-refractivity contribution in [3.63, 3.8) is 0 Å². The van der Waals surface area contributed by atoms with E-state index in [0.29, 0.717) is 23.0 Å². The normalized spacial score (nSPS) is 14.1. The topological polar surface area (TPSA) is 70.7 Å². The molecule has 0 saturated carbocycles. The number of nitrogens with zero attached hydrogens (tertiary/aromatic N) is 1. The largest absolute Gasteiger partial charge is 0.445 e. The van der Waals surface area contributed by atoms with Crippen LogP contribution in [0.2, 0.25) is 5.02 Å². The van der Waals surface area contributed by atoms with Crippen LogP contribution in [0.1, 0.15) is 53.9 Å². The first-order chi connectivity index (χ1) is 22.0. The van der Waals surface area contributed by atoms with Crippen molar-refractivity contribution in [3.05, 3.63) is 143 Å². The highest BCUT2D eigenvalue weighted by molar-refractivity contribution is 6.31. The van der Waals surface area contributed by atoms with Gasteiger partial charge in [-0.2, -0.15) is 0 Å². The maximum atomic E-state index is 13.0. The number of likely N-dealkylation sites (tertiary alicyclic amines) is 1. The maximum absolute atomic E-state index is 13.0. The van der Waals surface area contributed by atoms with E-state index in [2.05, 4.69) is 94.4 Å². The van der Waals surface area contributed by atoms with Gasteiger partial charge < -0.3 is 20.3 Å². The van der Waals surface area contributed by atoms with Crippen molar-refractivity contribution in [2.45, 2.75) is 43.6 Å². The molecule has 7 heteroatoms. The van der Waals surface area contributed by atoms with E-state index in [-0.39, 0.29) is 19.1 Å². The molecule has 5 rings (SSSR count). The van der Waals surface area contributed by atoms with Gasteiger partial charge in [-0.15, -0.1) is 0 Å². The van der Waals surface area contributed by atoms with Crippen LogP contribution in [-0.4, -0.2) is 49.6 Å². The highest BCUT2D eigenvalue weighted by Gasteiger charge is 2.34. The molecule has 1 saturated heterocycles. The number of benzene rings is 4. The van der Waals surface area contributed by atoms with Gasteiger partial charge in [0.15, 0.2) is 0 Å². The van der Waals surface area contributed by atoms with Crippen molar-refractivity contribution in [1.82, 2.24) is 15.5 Å². The summed E-state index contributed by atoms with van der Waals surface area (Å²) in [6, 6.07) is 38.9. The minimum absolute atomic E-state index is 0.0299. The summed E-state index contributed by atoms with van der Waals surface area (Å²) in [7, 11) is 0. The number of hydrogen-bond acceptors (Lipinski definition) is 4. The number of alkyl carbamates (subject to hydrolysis) is 1. The Bertz CT molecular complexity index is 1450. The van der Waals surface area contributed by atoms with Crippen molar-refractivity contribution in [3.8, 4) is 0 Å². The van der Waals surface area contributed by atoms with Crippen LogP contribution in [0, 0.1) is 0 Å². The molecule has 2 N–H and O–H groups in total. The van der Waals surface area contributed by atoms with E-state index in [1.165, 1.54) is 18.4 Å². The summed E-state index contributed by atoms with van der Waals surface area (Å²) in [5.41, 5.74) is 4.04. The number of rotatable bonds is 13. The fourth-order valence-corrected chi connectivity index (χ4v) is 6.55. The van der Waals surface area contributed by atoms with Crippen molar-refractivity contribution in [1.29, 1.82) is 0 Å². The van der Waals surface area contributed by atoms with Crippen LogP contribution < -0.4 is 10.6 Å². The zero-order valence-electron chi connectivity index (χ0n) is 25.7. The molecule has 45 heavy (non-hydrogen) atoms. The molecule has 0 unspecified atom stereocenters. The molecule has 2 amide bonds. The van der Waals surface area contributed by atoms with E-state index in [0.717, 1.165) is 43.6 Å². The molecular weight excluding hydrogens is 582 g/mol. The van der Waals surface area contributed by atoms with Crippen molar-refractivity contribution in [2.24, 2.45) is 0 Å². The third kappa shape index (κ3) is 8.96. The third-order valence-corrected chi connectivity index (χ3v) is 9.26. The van der Waals surface area contributed by atoms with Crippen LogP contribution in [-0.2, 0) is 21.6 Å². The van der Waals surface area contributed by atoms with Gasteiger partial charge in [0.05, 0.1) is 6.54 Å². The fourth-order valence-electron chi connectivity index (χ4n) is 6.36. The molecule has 0 spiro atoms. The second-order valence-electron chi connectivity index (χ2n) is 11.7. The number of nitrogens with one attached hydrogen (secondary N) is 2. The Balaban J connectivity index is 1.20.